The van der Waals surface area contributed by atoms with Gasteiger partial charge in [0.05, 0.1) is 22.6 Å². The number of hydrogen-bond donors (Lipinski definition) is 2. The number of rotatable bonds is 3. The van der Waals surface area contributed by atoms with Gasteiger partial charge >= 0.3 is 5.69 Å². The van der Waals surface area contributed by atoms with Crippen molar-refractivity contribution in [2.24, 2.45) is 5.73 Å². The van der Waals surface area contributed by atoms with E-state index in [2.05, 4.69) is 6.58 Å². The molecule has 0 spiro atoms. The maximum Gasteiger partial charge on any atom is 0.312 e. The molecule has 16 heavy (non-hydrogen) atoms. The fourth-order valence-electron chi connectivity index (χ4n) is 1.23. The van der Waals surface area contributed by atoms with Gasteiger partial charge in [0.2, 0.25) is 0 Å². The van der Waals surface area contributed by atoms with Crippen molar-refractivity contribution in [1.82, 2.24) is 0 Å². The minimum absolute atomic E-state index is 0.0665. The lowest BCUT2D eigenvalue weighted by Crippen LogP contribution is -2.08. The van der Waals surface area contributed by atoms with E-state index in [1.807, 2.05) is 0 Å². The van der Waals surface area contributed by atoms with E-state index in [1.165, 1.54) is 12.1 Å². The van der Waals surface area contributed by atoms with Crippen LogP contribution in [0.5, 0.6) is 5.75 Å². The molecule has 0 heterocycles. The Labute approximate surface area is 91.4 Å². The van der Waals surface area contributed by atoms with Crippen molar-refractivity contribution in [3.05, 3.63) is 46.0 Å². The molecule has 0 fully saturated rings. The molecule has 0 aliphatic carbocycles. The number of hydrogen-bond acceptors (Lipinski definition) is 5. The van der Waals surface area contributed by atoms with Crippen LogP contribution in [0.1, 0.15) is 17.2 Å². The first kappa shape index (κ1) is 11.7. The maximum absolute atomic E-state index is 10.6. The van der Waals surface area contributed by atoms with Crippen LogP contribution in [0.25, 0.3) is 0 Å². The van der Waals surface area contributed by atoms with Crippen molar-refractivity contribution in [1.29, 1.82) is 5.26 Å². The van der Waals surface area contributed by atoms with Gasteiger partial charge in [-0.25, -0.2) is 0 Å². The maximum atomic E-state index is 10.6. The average Bonchev–Trinajstić information content (AvgIpc) is 2.28. The fraction of sp³-hybridized carbons (Fsp3) is 0.100. The second kappa shape index (κ2) is 4.42. The Balaban J connectivity index is 3.50. The Morgan fingerprint density at radius 1 is 1.69 bits per heavy atom. The van der Waals surface area contributed by atoms with Crippen molar-refractivity contribution >= 4 is 5.69 Å². The molecule has 0 aliphatic heterocycles. The van der Waals surface area contributed by atoms with E-state index in [4.69, 9.17) is 11.0 Å². The van der Waals surface area contributed by atoms with E-state index < -0.39 is 22.4 Å². The zero-order chi connectivity index (χ0) is 12.3. The number of benzene rings is 1. The largest absolute Gasteiger partial charge is 0.502 e. The highest BCUT2D eigenvalue weighted by Crippen LogP contribution is 2.34. The zero-order valence-electron chi connectivity index (χ0n) is 8.25. The lowest BCUT2D eigenvalue weighted by molar-refractivity contribution is -0.386. The van der Waals surface area contributed by atoms with Crippen molar-refractivity contribution < 1.29 is 10.0 Å². The molecule has 1 aromatic carbocycles. The summed E-state index contributed by atoms with van der Waals surface area (Å²) in [6, 6.07) is 3.30. The van der Waals surface area contributed by atoms with Crippen LogP contribution in [0.2, 0.25) is 0 Å². The molecule has 0 unspecified atom stereocenters. The summed E-state index contributed by atoms with van der Waals surface area (Å²) in [5.41, 5.74) is 5.22. The van der Waals surface area contributed by atoms with Crippen LogP contribution in [0, 0.1) is 21.4 Å². The third kappa shape index (κ3) is 1.99. The summed E-state index contributed by atoms with van der Waals surface area (Å²) < 4.78 is 0. The highest BCUT2D eigenvalue weighted by atomic mass is 16.6. The zero-order valence-corrected chi connectivity index (χ0v) is 8.25. The van der Waals surface area contributed by atoms with Gasteiger partial charge in [-0.05, 0) is 6.07 Å². The monoisotopic (exact) mass is 219 g/mol. The summed E-state index contributed by atoms with van der Waals surface area (Å²) in [5, 5.41) is 28.9. The predicted molar refractivity (Wildman–Crippen MR) is 56.6 cm³/mol. The van der Waals surface area contributed by atoms with Gasteiger partial charge in [-0.1, -0.05) is 6.08 Å². The molecular weight excluding hydrogens is 210 g/mol. The number of aromatic hydroxyl groups is 1. The molecule has 0 saturated carbocycles. The molecule has 6 nitrogen and oxygen atoms in total. The molecule has 0 aromatic heterocycles. The first-order chi connectivity index (χ1) is 7.51. The van der Waals surface area contributed by atoms with Crippen LogP contribution in [0.3, 0.4) is 0 Å². The molecule has 0 bridgehead atoms. The molecule has 0 radical (unpaired) electrons. The SMILES string of the molecule is C=C[C@@H](N)c1cc(C#N)cc([N+](=O)[O-])c1O. The number of phenols is 1. The van der Waals surface area contributed by atoms with E-state index in [9.17, 15) is 15.2 Å². The number of phenolic OH excluding ortho intramolecular Hbond substituents is 1. The topological polar surface area (TPSA) is 113 Å². The van der Waals surface area contributed by atoms with E-state index in [0.717, 1.165) is 6.07 Å². The average molecular weight is 219 g/mol. The Morgan fingerprint density at radius 3 is 2.75 bits per heavy atom. The van der Waals surface area contributed by atoms with Gasteiger partial charge in [0.15, 0.2) is 5.75 Å². The number of nitrogens with two attached hydrogens (primary N) is 1. The molecule has 1 aromatic rings. The lowest BCUT2D eigenvalue weighted by atomic mass is 10.0. The fourth-order valence-corrected chi connectivity index (χ4v) is 1.23. The summed E-state index contributed by atoms with van der Waals surface area (Å²) in [4.78, 5) is 9.85. The summed E-state index contributed by atoms with van der Waals surface area (Å²) in [7, 11) is 0. The van der Waals surface area contributed by atoms with Gasteiger partial charge in [0.25, 0.3) is 0 Å². The summed E-state index contributed by atoms with van der Waals surface area (Å²) in [6.07, 6.45) is 1.32. The normalized spacial score (nSPS) is 11.5. The standard InChI is InChI=1S/C10H9N3O3/c1-2-8(12)7-3-6(5-11)4-9(10(7)14)13(15)16/h2-4,8,14H,1,12H2/t8-/m1/s1. The van der Waals surface area contributed by atoms with Crippen molar-refractivity contribution in [2.75, 3.05) is 0 Å². The van der Waals surface area contributed by atoms with E-state index in [0.29, 0.717) is 0 Å². The van der Waals surface area contributed by atoms with Crippen LogP contribution in [-0.2, 0) is 0 Å². The summed E-state index contributed by atoms with van der Waals surface area (Å²) in [6.45, 7) is 3.42. The van der Waals surface area contributed by atoms with Gasteiger partial charge < -0.3 is 10.8 Å². The molecular formula is C10H9N3O3. The van der Waals surface area contributed by atoms with Gasteiger partial charge in [0.1, 0.15) is 0 Å². The van der Waals surface area contributed by atoms with Crippen LogP contribution >= 0.6 is 0 Å². The molecule has 82 valence electrons. The number of nitro groups is 1. The number of nitro benzene ring substituents is 1. The van der Waals surface area contributed by atoms with Crippen LogP contribution < -0.4 is 5.73 Å². The van der Waals surface area contributed by atoms with Crippen LogP contribution in [0.15, 0.2) is 24.8 Å². The minimum atomic E-state index is -0.768. The van der Waals surface area contributed by atoms with Gasteiger partial charge in [-0.3, -0.25) is 10.1 Å². The van der Waals surface area contributed by atoms with Crippen LogP contribution in [0.4, 0.5) is 5.69 Å². The quantitative estimate of drug-likeness (QED) is 0.452. The predicted octanol–water partition coefficient (Wildman–Crippen LogP) is 1.36. The third-order valence-electron chi connectivity index (χ3n) is 2.06. The highest BCUT2D eigenvalue weighted by molar-refractivity contribution is 5.57. The molecule has 3 N–H and O–H groups in total. The number of nitrogens with zero attached hydrogens (tertiary/aromatic N) is 2. The molecule has 1 rings (SSSR count). The Morgan fingerprint density at radius 2 is 2.31 bits per heavy atom. The Bertz CT molecular complexity index is 491. The lowest BCUT2D eigenvalue weighted by Gasteiger charge is -2.09. The minimum Gasteiger partial charge on any atom is -0.502 e. The summed E-state index contributed by atoms with van der Waals surface area (Å²) in [5.74, 6) is -0.531. The second-order valence-electron chi connectivity index (χ2n) is 3.06. The van der Waals surface area contributed by atoms with Crippen molar-refractivity contribution in [3.8, 4) is 11.8 Å². The van der Waals surface area contributed by atoms with E-state index in [-0.39, 0.29) is 11.1 Å². The highest BCUT2D eigenvalue weighted by Gasteiger charge is 2.21. The van der Waals surface area contributed by atoms with Crippen LogP contribution in [-0.4, -0.2) is 10.0 Å². The van der Waals surface area contributed by atoms with Gasteiger partial charge in [-0.15, -0.1) is 6.58 Å². The molecule has 0 amide bonds. The second-order valence-corrected chi connectivity index (χ2v) is 3.06. The smallest absolute Gasteiger partial charge is 0.312 e. The van der Waals surface area contributed by atoms with E-state index >= 15 is 0 Å². The molecule has 0 aliphatic rings. The molecule has 1 atom stereocenters. The van der Waals surface area contributed by atoms with Gasteiger partial charge in [0, 0.05) is 11.6 Å². The Hall–Kier alpha value is -2.39. The third-order valence-corrected chi connectivity index (χ3v) is 2.06. The first-order valence-electron chi connectivity index (χ1n) is 4.30. The number of nitriles is 1. The molecule has 6 heteroatoms. The first-order valence-corrected chi connectivity index (χ1v) is 4.30. The summed E-state index contributed by atoms with van der Waals surface area (Å²) >= 11 is 0. The van der Waals surface area contributed by atoms with Crippen molar-refractivity contribution in [3.63, 3.8) is 0 Å². The Kier molecular flexibility index (Phi) is 3.23. The van der Waals surface area contributed by atoms with Crippen molar-refractivity contribution in [2.45, 2.75) is 6.04 Å². The molecule has 0 saturated heterocycles. The van der Waals surface area contributed by atoms with E-state index in [1.54, 1.807) is 6.07 Å². The van der Waals surface area contributed by atoms with Gasteiger partial charge in [-0.2, -0.15) is 5.26 Å².